The first-order valence-corrected chi connectivity index (χ1v) is 5.93. The summed E-state index contributed by atoms with van der Waals surface area (Å²) in [6, 6.07) is 1.93. The Morgan fingerprint density at radius 2 is 2.17 bits per heavy atom. The van der Waals surface area contributed by atoms with Gasteiger partial charge in [0, 0.05) is 18.8 Å². The molecule has 2 N–H and O–H groups in total. The first kappa shape index (κ1) is 12.3. The fourth-order valence-corrected chi connectivity index (χ4v) is 1.89. The van der Waals surface area contributed by atoms with Crippen molar-refractivity contribution < 1.29 is 0 Å². The zero-order valence-electron chi connectivity index (χ0n) is 10.7. The van der Waals surface area contributed by atoms with Gasteiger partial charge in [-0.1, -0.05) is 0 Å². The van der Waals surface area contributed by atoms with Gasteiger partial charge in [-0.15, -0.1) is 0 Å². The number of pyridine rings is 1. The molecule has 2 aromatic heterocycles. The lowest BCUT2D eigenvalue weighted by molar-refractivity contribution is 0.682. The van der Waals surface area contributed by atoms with Crippen LogP contribution in [0.2, 0.25) is 0 Å². The third-order valence-corrected chi connectivity index (χ3v) is 2.64. The molecule has 2 aromatic rings. The van der Waals surface area contributed by atoms with E-state index < -0.39 is 5.69 Å². The average Bonchev–Trinajstić information content (AvgIpc) is 2.28. The summed E-state index contributed by atoms with van der Waals surface area (Å²) in [7, 11) is 0. The number of hydrogen-bond donors (Lipinski definition) is 2. The van der Waals surface area contributed by atoms with Crippen molar-refractivity contribution in [3.63, 3.8) is 0 Å². The lowest BCUT2D eigenvalue weighted by Gasteiger charge is -2.12. The van der Waals surface area contributed by atoms with Gasteiger partial charge in [0.2, 0.25) is 0 Å². The van der Waals surface area contributed by atoms with Crippen LogP contribution in [0, 0.1) is 0 Å². The van der Waals surface area contributed by atoms with E-state index in [4.69, 9.17) is 0 Å². The lowest BCUT2D eigenvalue weighted by Crippen LogP contribution is -2.35. The molecule has 0 aliphatic rings. The zero-order chi connectivity index (χ0) is 13.3. The molecule has 2 rings (SSSR count). The van der Waals surface area contributed by atoms with E-state index in [0.29, 0.717) is 23.3 Å². The maximum Gasteiger partial charge on any atom is 0.329 e. The van der Waals surface area contributed by atoms with Crippen LogP contribution in [0.5, 0.6) is 0 Å². The minimum Gasteiger partial charge on any atom is -0.382 e. The SMILES string of the molecule is CCn1c(=O)[nH]c2nccc(NC(C)C)c2c1=O. The van der Waals surface area contributed by atoms with E-state index in [9.17, 15) is 9.59 Å². The summed E-state index contributed by atoms with van der Waals surface area (Å²) in [6.07, 6.45) is 1.57. The third-order valence-electron chi connectivity index (χ3n) is 2.64. The van der Waals surface area contributed by atoms with Crippen LogP contribution in [0.3, 0.4) is 0 Å². The number of anilines is 1. The highest BCUT2D eigenvalue weighted by Gasteiger charge is 2.11. The molecule has 0 radical (unpaired) electrons. The molecule has 0 atom stereocenters. The van der Waals surface area contributed by atoms with Crippen LogP contribution in [0.15, 0.2) is 21.9 Å². The normalized spacial score (nSPS) is 11.1. The van der Waals surface area contributed by atoms with Gasteiger partial charge in [0.05, 0.1) is 5.69 Å². The molecule has 0 amide bonds. The first-order valence-electron chi connectivity index (χ1n) is 5.93. The highest BCUT2D eigenvalue weighted by molar-refractivity contribution is 5.87. The van der Waals surface area contributed by atoms with Crippen molar-refractivity contribution in [2.75, 3.05) is 5.32 Å². The predicted molar refractivity (Wildman–Crippen MR) is 71.1 cm³/mol. The van der Waals surface area contributed by atoms with Crippen LogP contribution >= 0.6 is 0 Å². The molecule has 2 heterocycles. The van der Waals surface area contributed by atoms with E-state index >= 15 is 0 Å². The van der Waals surface area contributed by atoms with Crippen LogP contribution in [-0.4, -0.2) is 20.6 Å². The average molecular weight is 248 g/mol. The van der Waals surface area contributed by atoms with Crippen LogP contribution in [0.4, 0.5) is 5.69 Å². The molecular formula is C12H16N4O2. The van der Waals surface area contributed by atoms with Crippen molar-refractivity contribution in [3.8, 4) is 0 Å². The van der Waals surface area contributed by atoms with Crippen molar-refractivity contribution in [2.24, 2.45) is 0 Å². The molecule has 6 heteroatoms. The summed E-state index contributed by atoms with van der Waals surface area (Å²) in [6.45, 7) is 6.06. The third kappa shape index (κ3) is 2.01. The summed E-state index contributed by atoms with van der Waals surface area (Å²) in [4.78, 5) is 30.6. The second-order valence-corrected chi connectivity index (χ2v) is 4.36. The van der Waals surface area contributed by atoms with Gasteiger partial charge in [-0.2, -0.15) is 0 Å². The van der Waals surface area contributed by atoms with Gasteiger partial charge in [-0.05, 0) is 26.8 Å². The highest BCUT2D eigenvalue weighted by atomic mass is 16.2. The van der Waals surface area contributed by atoms with Gasteiger partial charge in [-0.3, -0.25) is 14.3 Å². The maximum atomic E-state index is 12.2. The van der Waals surface area contributed by atoms with Crippen molar-refractivity contribution in [3.05, 3.63) is 33.1 Å². The molecule has 0 aromatic carbocycles. The molecule has 0 bridgehead atoms. The highest BCUT2D eigenvalue weighted by Crippen LogP contribution is 2.15. The number of aromatic nitrogens is 3. The number of nitrogens with one attached hydrogen (secondary N) is 2. The van der Waals surface area contributed by atoms with Crippen molar-refractivity contribution in [2.45, 2.75) is 33.4 Å². The van der Waals surface area contributed by atoms with Crippen molar-refractivity contribution in [1.82, 2.24) is 14.5 Å². The predicted octanol–water partition coefficient (Wildman–Crippen LogP) is 0.925. The number of fused-ring (bicyclic) bond motifs is 1. The van der Waals surface area contributed by atoms with Crippen molar-refractivity contribution in [1.29, 1.82) is 0 Å². The molecule has 0 spiro atoms. The summed E-state index contributed by atoms with van der Waals surface area (Å²) in [5, 5.41) is 3.61. The van der Waals surface area contributed by atoms with Gasteiger partial charge in [-0.25, -0.2) is 9.78 Å². The van der Waals surface area contributed by atoms with E-state index in [-0.39, 0.29) is 11.6 Å². The Balaban J connectivity index is 2.83. The summed E-state index contributed by atoms with van der Waals surface area (Å²) < 4.78 is 1.16. The molecule has 0 aliphatic carbocycles. The Bertz CT molecular complexity index is 685. The topological polar surface area (TPSA) is 79.8 Å². The summed E-state index contributed by atoms with van der Waals surface area (Å²) >= 11 is 0. The van der Waals surface area contributed by atoms with Gasteiger partial charge in [0.1, 0.15) is 11.0 Å². The Morgan fingerprint density at radius 1 is 1.44 bits per heavy atom. The van der Waals surface area contributed by atoms with Gasteiger partial charge in [0.15, 0.2) is 0 Å². The minimum atomic E-state index is -0.427. The maximum absolute atomic E-state index is 12.2. The molecule has 96 valence electrons. The van der Waals surface area contributed by atoms with Crippen LogP contribution in [0.25, 0.3) is 11.0 Å². The number of H-pyrrole nitrogens is 1. The first-order chi connectivity index (χ1) is 8.54. The van der Waals surface area contributed by atoms with E-state index in [2.05, 4.69) is 15.3 Å². The Morgan fingerprint density at radius 3 is 2.78 bits per heavy atom. The second-order valence-electron chi connectivity index (χ2n) is 4.36. The molecule has 0 saturated heterocycles. The summed E-state index contributed by atoms with van der Waals surface area (Å²) in [5.41, 5.74) is 0.274. The van der Waals surface area contributed by atoms with Gasteiger partial charge >= 0.3 is 5.69 Å². The number of aromatic amines is 1. The van der Waals surface area contributed by atoms with Gasteiger partial charge in [0.25, 0.3) is 5.56 Å². The monoisotopic (exact) mass is 248 g/mol. The molecule has 0 unspecified atom stereocenters. The zero-order valence-corrected chi connectivity index (χ0v) is 10.7. The molecule has 0 aliphatic heterocycles. The fraction of sp³-hybridized carbons (Fsp3) is 0.417. The summed E-state index contributed by atoms with van der Waals surface area (Å²) in [5.74, 6) is 0. The number of hydrogen-bond acceptors (Lipinski definition) is 4. The Labute approximate surface area is 104 Å². The van der Waals surface area contributed by atoms with E-state index in [0.717, 1.165) is 4.57 Å². The smallest absolute Gasteiger partial charge is 0.329 e. The molecular weight excluding hydrogens is 232 g/mol. The lowest BCUT2D eigenvalue weighted by atomic mass is 10.2. The Kier molecular flexibility index (Phi) is 3.18. The van der Waals surface area contributed by atoms with Crippen LogP contribution in [0.1, 0.15) is 20.8 Å². The molecule has 18 heavy (non-hydrogen) atoms. The number of nitrogens with zero attached hydrogens (tertiary/aromatic N) is 2. The second kappa shape index (κ2) is 4.64. The van der Waals surface area contributed by atoms with Crippen LogP contribution < -0.4 is 16.6 Å². The van der Waals surface area contributed by atoms with E-state index in [1.165, 1.54) is 0 Å². The number of rotatable bonds is 3. The van der Waals surface area contributed by atoms with E-state index in [1.807, 2.05) is 13.8 Å². The van der Waals surface area contributed by atoms with E-state index in [1.54, 1.807) is 19.2 Å². The largest absolute Gasteiger partial charge is 0.382 e. The Hall–Kier alpha value is -2.11. The van der Waals surface area contributed by atoms with Crippen LogP contribution in [-0.2, 0) is 6.54 Å². The van der Waals surface area contributed by atoms with Gasteiger partial charge < -0.3 is 5.32 Å². The molecule has 6 nitrogen and oxygen atoms in total. The van der Waals surface area contributed by atoms with Crippen molar-refractivity contribution >= 4 is 16.7 Å². The molecule has 0 saturated carbocycles. The standard InChI is InChI=1S/C12H16N4O2/c1-4-16-11(17)9-8(14-7(2)3)5-6-13-10(9)15-12(16)18/h5-7H,4H2,1-3H3,(H2,13,14,15,18). The quantitative estimate of drug-likeness (QED) is 0.846. The molecule has 0 fully saturated rings. The fourth-order valence-electron chi connectivity index (χ4n) is 1.89. The minimum absolute atomic E-state index is 0.192.